The molecule has 2 heterocycles. The zero-order valence-electron chi connectivity index (χ0n) is 18.4. The van der Waals surface area contributed by atoms with Gasteiger partial charge in [-0.25, -0.2) is 0 Å². The number of para-hydroxylation sites is 1. The molecule has 1 fully saturated rings. The Bertz CT molecular complexity index is 887. The van der Waals surface area contributed by atoms with Gasteiger partial charge in [-0.15, -0.1) is 49.6 Å². The van der Waals surface area contributed by atoms with Crippen LogP contribution in [0.4, 0.5) is 24.5 Å². The number of benzene rings is 2. The third kappa shape index (κ3) is 7.96. The number of anilines is 2. The first-order chi connectivity index (χ1) is 14.5. The zero-order chi connectivity index (χ0) is 21.1. The molecular formula is C22H30Cl4F3N3OS. The van der Waals surface area contributed by atoms with E-state index in [2.05, 4.69) is 9.80 Å². The predicted octanol–water partition coefficient (Wildman–Crippen LogP) is 6.00. The largest absolute Gasteiger partial charge is 0.416 e. The standard InChI is InChI=1S/C22H26F3N3OS.4ClH/c23-22(24,25)17-6-7-21-19(16-17)28(18-4-1-2-5-20(18)30-21)9-3-8-26-10-12-27(13-11-26)14-15-29;;;;/h1-2,4-7,16,29H,3,8-15H2;4*1H. The van der Waals surface area contributed by atoms with Gasteiger partial charge in [0.05, 0.1) is 23.5 Å². The molecule has 1 saturated heterocycles. The van der Waals surface area contributed by atoms with Gasteiger partial charge in [0.15, 0.2) is 0 Å². The zero-order valence-corrected chi connectivity index (χ0v) is 22.5. The lowest BCUT2D eigenvalue weighted by Crippen LogP contribution is -2.47. The van der Waals surface area contributed by atoms with E-state index in [0.29, 0.717) is 18.8 Å². The summed E-state index contributed by atoms with van der Waals surface area (Å²) in [5.74, 6) is 0. The Hall–Kier alpha value is -0.580. The molecule has 4 rings (SSSR count). The van der Waals surface area contributed by atoms with Crippen molar-refractivity contribution in [3.05, 3.63) is 48.0 Å². The number of fused-ring (bicyclic) bond motifs is 2. The number of β-amino-alcohol motifs (C(OH)–C–C–N with tert-alkyl or cyclic N) is 1. The number of aliphatic hydroxyl groups is 1. The van der Waals surface area contributed by atoms with Gasteiger partial charge < -0.3 is 14.9 Å². The van der Waals surface area contributed by atoms with Crippen molar-refractivity contribution in [1.29, 1.82) is 0 Å². The van der Waals surface area contributed by atoms with E-state index in [4.69, 9.17) is 5.11 Å². The first kappa shape index (κ1) is 33.4. The maximum absolute atomic E-state index is 13.3. The van der Waals surface area contributed by atoms with Crippen LogP contribution in [0.2, 0.25) is 0 Å². The topological polar surface area (TPSA) is 30.0 Å². The summed E-state index contributed by atoms with van der Waals surface area (Å²) in [6.45, 7) is 6.29. The molecule has 0 spiro atoms. The predicted molar refractivity (Wildman–Crippen MR) is 143 cm³/mol. The van der Waals surface area contributed by atoms with Crippen molar-refractivity contribution < 1.29 is 18.3 Å². The summed E-state index contributed by atoms with van der Waals surface area (Å²) in [4.78, 5) is 8.62. The molecule has 2 aliphatic heterocycles. The summed E-state index contributed by atoms with van der Waals surface area (Å²) < 4.78 is 39.9. The quantitative estimate of drug-likeness (QED) is 0.452. The molecule has 0 radical (unpaired) electrons. The third-order valence-electron chi connectivity index (χ3n) is 5.69. The molecule has 34 heavy (non-hydrogen) atoms. The van der Waals surface area contributed by atoms with Crippen LogP contribution in [-0.4, -0.2) is 67.3 Å². The monoisotopic (exact) mass is 581 g/mol. The number of hydrogen-bond donors (Lipinski definition) is 1. The van der Waals surface area contributed by atoms with Crippen molar-refractivity contribution in [2.24, 2.45) is 0 Å². The third-order valence-corrected chi connectivity index (χ3v) is 6.82. The second kappa shape index (κ2) is 14.9. The van der Waals surface area contributed by atoms with E-state index in [1.165, 1.54) is 23.9 Å². The van der Waals surface area contributed by atoms with Crippen LogP contribution < -0.4 is 4.90 Å². The number of piperazine rings is 1. The van der Waals surface area contributed by atoms with Crippen LogP contribution >= 0.6 is 61.4 Å². The Kier molecular flexibility index (Phi) is 14.6. The van der Waals surface area contributed by atoms with Crippen LogP contribution in [0.15, 0.2) is 52.3 Å². The van der Waals surface area contributed by atoms with E-state index >= 15 is 0 Å². The van der Waals surface area contributed by atoms with Gasteiger partial charge in [-0.3, -0.25) is 4.90 Å². The minimum absolute atomic E-state index is 0. The van der Waals surface area contributed by atoms with E-state index < -0.39 is 11.7 Å². The lowest BCUT2D eigenvalue weighted by molar-refractivity contribution is -0.137. The van der Waals surface area contributed by atoms with E-state index in [9.17, 15) is 13.2 Å². The van der Waals surface area contributed by atoms with Gasteiger partial charge in [0.25, 0.3) is 0 Å². The highest BCUT2D eigenvalue weighted by molar-refractivity contribution is 7.99. The van der Waals surface area contributed by atoms with Crippen molar-refractivity contribution in [3.63, 3.8) is 0 Å². The minimum atomic E-state index is -4.35. The fourth-order valence-electron chi connectivity index (χ4n) is 4.08. The van der Waals surface area contributed by atoms with E-state index in [0.717, 1.165) is 54.6 Å². The Morgan fingerprint density at radius 3 is 1.97 bits per heavy atom. The highest BCUT2D eigenvalue weighted by atomic mass is 35.5. The van der Waals surface area contributed by atoms with Gasteiger partial charge in [-0.2, -0.15) is 13.2 Å². The van der Waals surface area contributed by atoms with Crippen molar-refractivity contribution in [2.75, 3.05) is 57.3 Å². The Balaban J connectivity index is 0.00000272. The summed E-state index contributed by atoms with van der Waals surface area (Å²) >= 11 is 1.53. The van der Waals surface area contributed by atoms with Crippen LogP contribution in [-0.2, 0) is 6.18 Å². The van der Waals surface area contributed by atoms with Crippen LogP contribution in [0.5, 0.6) is 0 Å². The number of nitrogens with zero attached hydrogens (tertiary/aromatic N) is 3. The molecule has 0 bridgehead atoms. The van der Waals surface area contributed by atoms with Gasteiger partial charge >= 0.3 is 6.18 Å². The fraction of sp³-hybridized carbons (Fsp3) is 0.455. The fourth-order valence-corrected chi connectivity index (χ4v) is 5.15. The highest BCUT2D eigenvalue weighted by Gasteiger charge is 2.33. The molecule has 0 aliphatic carbocycles. The summed E-state index contributed by atoms with van der Waals surface area (Å²) in [7, 11) is 0. The van der Waals surface area contributed by atoms with Gasteiger partial charge in [0.1, 0.15) is 0 Å². The van der Waals surface area contributed by atoms with Crippen molar-refractivity contribution in [3.8, 4) is 0 Å². The molecule has 194 valence electrons. The summed E-state index contributed by atoms with van der Waals surface area (Å²) in [5, 5.41) is 9.07. The summed E-state index contributed by atoms with van der Waals surface area (Å²) in [6.07, 6.45) is -3.48. The highest BCUT2D eigenvalue weighted by Crippen LogP contribution is 2.49. The molecule has 0 atom stereocenters. The lowest BCUT2D eigenvalue weighted by Gasteiger charge is -2.36. The van der Waals surface area contributed by atoms with Gasteiger partial charge in [-0.05, 0) is 43.3 Å². The van der Waals surface area contributed by atoms with E-state index in [1.54, 1.807) is 6.07 Å². The van der Waals surface area contributed by atoms with Crippen LogP contribution in [0.1, 0.15) is 12.0 Å². The van der Waals surface area contributed by atoms with Crippen LogP contribution in [0.3, 0.4) is 0 Å². The average molecular weight is 583 g/mol. The molecule has 4 nitrogen and oxygen atoms in total. The minimum Gasteiger partial charge on any atom is -0.395 e. The molecule has 2 aromatic rings. The molecule has 0 unspecified atom stereocenters. The second-order valence-electron chi connectivity index (χ2n) is 7.66. The second-order valence-corrected chi connectivity index (χ2v) is 8.75. The first-order valence-corrected chi connectivity index (χ1v) is 11.1. The van der Waals surface area contributed by atoms with Gasteiger partial charge in [0, 0.05) is 49.1 Å². The van der Waals surface area contributed by atoms with Crippen LogP contribution in [0.25, 0.3) is 0 Å². The molecule has 1 N–H and O–H groups in total. The van der Waals surface area contributed by atoms with Crippen molar-refractivity contribution >= 4 is 72.8 Å². The maximum Gasteiger partial charge on any atom is 0.416 e. The van der Waals surface area contributed by atoms with Gasteiger partial charge in [0.2, 0.25) is 0 Å². The number of rotatable bonds is 6. The maximum atomic E-state index is 13.3. The van der Waals surface area contributed by atoms with Crippen molar-refractivity contribution in [1.82, 2.24) is 9.80 Å². The first-order valence-electron chi connectivity index (χ1n) is 10.3. The van der Waals surface area contributed by atoms with Gasteiger partial charge in [-0.1, -0.05) is 23.9 Å². The Labute approximate surface area is 227 Å². The molecule has 2 aromatic carbocycles. The molecule has 2 aliphatic rings. The Morgan fingerprint density at radius 1 is 0.765 bits per heavy atom. The Morgan fingerprint density at radius 2 is 1.35 bits per heavy atom. The molecule has 0 saturated carbocycles. The number of hydrogen-bond acceptors (Lipinski definition) is 5. The van der Waals surface area contributed by atoms with Crippen LogP contribution in [0, 0.1) is 0 Å². The lowest BCUT2D eigenvalue weighted by atomic mass is 10.1. The molecule has 12 heteroatoms. The number of aliphatic hydroxyl groups excluding tert-OH is 1. The molecule has 0 aromatic heterocycles. The normalized spacial score (nSPS) is 15.6. The average Bonchev–Trinajstić information content (AvgIpc) is 2.73. The summed E-state index contributed by atoms with van der Waals surface area (Å²) in [6, 6.07) is 11.9. The SMILES string of the molecule is Cl.Cl.Cl.Cl.OCCN1CCN(CCCN2c3ccccc3Sc3ccc(C(F)(F)F)cc32)CC1. The molecular weight excluding hydrogens is 553 g/mol. The smallest absolute Gasteiger partial charge is 0.395 e. The van der Waals surface area contributed by atoms with Crippen molar-refractivity contribution in [2.45, 2.75) is 22.4 Å². The molecule has 0 amide bonds. The number of alkyl halides is 3. The number of halogens is 7. The van der Waals surface area contributed by atoms with E-state index in [-0.39, 0.29) is 56.2 Å². The van der Waals surface area contributed by atoms with E-state index in [1.807, 2.05) is 29.2 Å². The summed E-state index contributed by atoms with van der Waals surface area (Å²) in [5.41, 5.74) is 1.01.